The second-order valence-electron chi connectivity index (χ2n) is 8.84. The van der Waals surface area contributed by atoms with Crippen molar-refractivity contribution < 1.29 is 0 Å². The van der Waals surface area contributed by atoms with Gasteiger partial charge < -0.3 is 15.5 Å². The fourth-order valence-electron chi connectivity index (χ4n) is 5.39. The van der Waals surface area contributed by atoms with Gasteiger partial charge in [-0.15, -0.1) is 0 Å². The molecule has 4 heteroatoms. The van der Waals surface area contributed by atoms with E-state index in [0.29, 0.717) is 0 Å². The molecule has 3 heterocycles. The van der Waals surface area contributed by atoms with Crippen molar-refractivity contribution in [2.24, 2.45) is 0 Å². The molecule has 0 amide bonds. The fraction of sp³-hybridized carbons (Fsp3) is 0.517. The van der Waals surface area contributed by atoms with Crippen LogP contribution in [-0.4, -0.2) is 31.1 Å². The van der Waals surface area contributed by atoms with Gasteiger partial charge in [0.15, 0.2) is 0 Å². The van der Waals surface area contributed by atoms with Crippen LogP contribution in [0.4, 0.5) is 11.4 Å². The topological polar surface area (TPSA) is 27.3 Å². The lowest BCUT2D eigenvalue weighted by molar-refractivity contribution is 0.179. The van der Waals surface area contributed by atoms with Gasteiger partial charge >= 0.3 is 0 Å². The van der Waals surface area contributed by atoms with Crippen molar-refractivity contribution >= 4 is 23.0 Å². The number of allylic oxidation sites excluding steroid dienone is 1. The van der Waals surface area contributed by atoms with Crippen LogP contribution in [0, 0.1) is 0 Å². The maximum Gasteiger partial charge on any atom is 0.0425 e. The molecule has 2 aromatic carbocycles. The van der Waals surface area contributed by atoms with Crippen LogP contribution in [0.25, 0.3) is 0 Å². The van der Waals surface area contributed by atoms with Crippen molar-refractivity contribution in [3.05, 3.63) is 70.4 Å². The fourth-order valence-corrected chi connectivity index (χ4v) is 5.56. The number of nitrogens with zero attached hydrogens (tertiary/aromatic N) is 1. The van der Waals surface area contributed by atoms with Crippen molar-refractivity contribution in [2.45, 2.75) is 71.6 Å². The summed E-state index contributed by atoms with van der Waals surface area (Å²) in [5.41, 5.74) is 8.06. The number of hydrogen-bond acceptors (Lipinski definition) is 3. The van der Waals surface area contributed by atoms with E-state index in [1.54, 1.807) is 0 Å². The highest BCUT2D eigenvalue weighted by atomic mass is 35.5. The number of hydrogen-bond donors (Lipinski definition) is 2. The number of halogens is 1. The lowest BCUT2D eigenvalue weighted by Gasteiger charge is -2.40. The van der Waals surface area contributed by atoms with Crippen LogP contribution >= 0.6 is 11.6 Å². The van der Waals surface area contributed by atoms with Crippen molar-refractivity contribution in [3.63, 3.8) is 0 Å². The van der Waals surface area contributed by atoms with E-state index in [-0.39, 0.29) is 5.41 Å². The zero-order valence-electron chi connectivity index (χ0n) is 21.1. The first kappa shape index (κ1) is 25.6. The van der Waals surface area contributed by atoms with Crippen LogP contribution in [0.5, 0.6) is 0 Å². The average Bonchev–Trinajstić information content (AvgIpc) is 3.13. The monoisotopic (exact) mass is 467 g/mol. The van der Waals surface area contributed by atoms with Crippen molar-refractivity contribution in [1.82, 2.24) is 4.90 Å². The van der Waals surface area contributed by atoms with Crippen LogP contribution in [0.1, 0.15) is 70.1 Å². The SMILES string of the molecule is C=C1Nc2ccc(Cl)cc2C12CCN(CCCc1ccc3c(c1)CCCN3)CC2.CC.CC. The third kappa shape index (κ3) is 5.58. The van der Waals surface area contributed by atoms with Crippen molar-refractivity contribution in [2.75, 3.05) is 36.8 Å². The number of anilines is 2. The molecule has 5 rings (SSSR count). The average molecular weight is 468 g/mol. The zero-order valence-corrected chi connectivity index (χ0v) is 21.8. The summed E-state index contributed by atoms with van der Waals surface area (Å²) in [4.78, 5) is 2.63. The van der Waals surface area contributed by atoms with Crippen LogP contribution in [0.15, 0.2) is 48.7 Å². The Morgan fingerprint density at radius 2 is 1.73 bits per heavy atom. The summed E-state index contributed by atoms with van der Waals surface area (Å²) in [5, 5.41) is 7.84. The van der Waals surface area contributed by atoms with Crippen LogP contribution in [0.2, 0.25) is 5.02 Å². The van der Waals surface area contributed by atoms with Gasteiger partial charge in [-0.2, -0.15) is 0 Å². The van der Waals surface area contributed by atoms with E-state index in [1.165, 1.54) is 60.3 Å². The van der Waals surface area contributed by atoms with E-state index in [1.807, 2.05) is 33.8 Å². The Kier molecular flexibility index (Phi) is 9.28. The highest BCUT2D eigenvalue weighted by Crippen LogP contribution is 2.50. The number of likely N-dealkylation sites (tertiary alicyclic amines) is 1. The first-order valence-corrected chi connectivity index (χ1v) is 13.4. The first-order valence-electron chi connectivity index (χ1n) is 13.0. The molecule has 0 radical (unpaired) electrons. The predicted octanol–water partition coefficient (Wildman–Crippen LogP) is 7.66. The van der Waals surface area contributed by atoms with Gasteiger partial charge in [0.1, 0.15) is 0 Å². The molecule has 3 aliphatic rings. The molecular weight excluding hydrogens is 426 g/mol. The second kappa shape index (κ2) is 11.9. The lowest BCUT2D eigenvalue weighted by Crippen LogP contribution is -2.43. The largest absolute Gasteiger partial charge is 0.385 e. The van der Waals surface area contributed by atoms with E-state index in [4.69, 9.17) is 11.6 Å². The minimum absolute atomic E-state index is 0.0578. The van der Waals surface area contributed by atoms with Crippen LogP contribution in [0.3, 0.4) is 0 Å². The number of benzene rings is 2. The highest BCUT2D eigenvalue weighted by molar-refractivity contribution is 6.30. The number of aryl methyl sites for hydroxylation is 2. The third-order valence-corrected chi connectivity index (χ3v) is 7.35. The van der Waals surface area contributed by atoms with E-state index in [2.05, 4.69) is 52.4 Å². The molecule has 1 spiro atoms. The Hall–Kier alpha value is -1.97. The molecule has 3 aliphatic heterocycles. The molecule has 3 nitrogen and oxygen atoms in total. The standard InChI is InChI=1S/C25H30ClN3.2C2H6/c1-18-25(22-17-21(26)7-9-24(22)28-18)10-14-29(15-11-25)13-3-4-19-6-8-23-20(16-19)5-2-12-27-23;2*1-2/h6-9,16-17,27-28H,1-5,10-15H2;2*1-2H3. The molecular formula is C29H42ClN3. The van der Waals surface area contributed by atoms with Crippen LogP contribution in [-0.2, 0) is 18.3 Å². The summed E-state index contributed by atoms with van der Waals surface area (Å²) in [6.45, 7) is 16.9. The molecule has 2 aromatic rings. The Balaban J connectivity index is 0.000000728. The third-order valence-electron chi connectivity index (χ3n) is 7.12. The molecule has 0 saturated carbocycles. The van der Waals surface area contributed by atoms with Crippen molar-refractivity contribution in [1.29, 1.82) is 0 Å². The smallest absolute Gasteiger partial charge is 0.0425 e. The zero-order chi connectivity index (χ0) is 23.8. The first-order chi connectivity index (χ1) is 16.1. The number of fused-ring (bicyclic) bond motifs is 3. The van der Waals surface area contributed by atoms with E-state index < -0.39 is 0 Å². The molecule has 0 unspecified atom stereocenters. The highest BCUT2D eigenvalue weighted by Gasteiger charge is 2.44. The molecule has 180 valence electrons. The molecule has 1 fully saturated rings. The Morgan fingerprint density at radius 3 is 2.48 bits per heavy atom. The summed E-state index contributed by atoms with van der Waals surface area (Å²) in [7, 11) is 0. The predicted molar refractivity (Wildman–Crippen MR) is 146 cm³/mol. The van der Waals surface area contributed by atoms with Gasteiger partial charge in [0.25, 0.3) is 0 Å². The Labute approximate surface area is 206 Å². The van der Waals surface area contributed by atoms with Gasteiger partial charge in [-0.3, -0.25) is 0 Å². The molecule has 33 heavy (non-hydrogen) atoms. The summed E-state index contributed by atoms with van der Waals surface area (Å²) >= 11 is 6.30. The quantitative estimate of drug-likeness (QED) is 0.483. The van der Waals surface area contributed by atoms with Gasteiger partial charge in [-0.05, 0) is 99.1 Å². The second-order valence-corrected chi connectivity index (χ2v) is 9.28. The van der Waals surface area contributed by atoms with Crippen LogP contribution < -0.4 is 10.6 Å². The van der Waals surface area contributed by atoms with Gasteiger partial charge in [0.2, 0.25) is 0 Å². The summed E-state index contributed by atoms with van der Waals surface area (Å²) in [6.07, 6.45) is 7.10. The van der Waals surface area contributed by atoms with E-state index >= 15 is 0 Å². The van der Waals surface area contributed by atoms with Crippen molar-refractivity contribution in [3.8, 4) is 0 Å². The Bertz CT molecular complexity index is 928. The minimum Gasteiger partial charge on any atom is -0.385 e. The summed E-state index contributed by atoms with van der Waals surface area (Å²) in [5.74, 6) is 0. The molecule has 1 saturated heterocycles. The molecule has 0 atom stereocenters. The molecule has 0 aromatic heterocycles. The minimum atomic E-state index is 0.0578. The molecule has 0 bridgehead atoms. The normalized spacial score (nSPS) is 18.0. The maximum absolute atomic E-state index is 6.30. The number of rotatable bonds is 4. The number of piperidine rings is 1. The maximum atomic E-state index is 6.30. The van der Waals surface area contributed by atoms with Gasteiger partial charge in [-0.25, -0.2) is 0 Å². The molecule has 0 aliphatic carbocycles. The molecule has 2 N–H and O–H groups in total. The van der Waals surface area contributed by atoms with Gasteiger partial charge in [0.05, 0.1) is 0 Å². The van der Waals surface area contributed by atoms with Gasteiger partial charge in [-0.1, -0.05) is 58.0 Å². The number of nitrogens with one attached hydrogen (secondary N) is 2. The van der Waals surface area contributed by atoms with E-state index in [0.717, 1.165) is 43.2 Å². The van der Waals surface area contributed by atoms with E-state index in [9.17, 15) is 0 Å². The Morgan fingerprint density at radius 1 is 1.00 bits per heavy atom. The summed E-state index contributed by atoms with van der Waals surface area (Å²) in [6, 6.07) is 13.2. The lowest BCUT2D eigenvalue weighted by atomic mass is 9.72. The summed E-state index contributed by atoms with van der Waals surface area (Å²) < 4.78 is 0. The van der Waals surface area contributed by atoms with Gasteiger partial charge in [0, 0.05) is 34.1 Å².